The van der Waals surface area contributed by atoms with Gasteiger partial charge in [-0.2, -0.15) is 0 Å². The van der Waals surface area contributed by atoms with Crippen molar-refractivity contribution in [2.75, 3.05) is 6.61 Å². The molecule has 0 heterocycles. The maximum absolute atomic E-state index is 11.6. The number of carbonyl (C=O) groups is 1. The number of unbranched alkanes of at least 4 members (excludes halogenated alkanes) is 1. The summed E-state index contributed by atoms with van der Waals surface area (Å²) in [6.45, 7) is 20.5. The number of hydrogen-bond acceptors (Lipinski definition) is 4. The molecule has 164 valence electrons. The van der Waals surface area contributed by atoms with E-state index in [0.717, 1.165) is 25.9 Å². The molecule has 0 rings (SSSR count). The predicted molar refractivity (Wildman–Crippen MR) is 127 cm³/mol. The molecule has 28 heavy (non-hydrogen) atoms. The highest BCUT2D eigenvalue weighted by Crippen LogP contribution is 2.42. The van der Waals surface area contributed by atoms with Gasteiger partial charge in [0.15, 0.2) is 8.32 Å². The largest absolute Gasteiger partial charge is 0.460 e. The predicted octanol–water partition coefficient (Wildman–Crippen LogP) is 7.84. The molecule has 0 aliphatic heterocycles. The van der Waals surface area contributed by atoms with Crippen LogP contribution in [-0.2, 0) is 14.0 Å². The molecule has 3 nitrogen and oxygen atoms in total. The summed E-state index contributed by atoms with van der Waals surface area (Å²) in [4.78, 5) is 11.6. The highest BCUT2D eigenvalue weighted by Gasteiger charge is 2.44. The van der Waals surface area contributed by atoms with Crippen LogP contribution in [0.3, 0.4) is 0 Å². The van der Waals surface area contributed by atoms with Gasteiger partial charge >= 0.3 is 5.97 Å². The Kier molecular flexibility index (Phi) is 13.4. The first-order chi connectivity index (χ1) is 12.9. The average Bonchev–Trinajstić information content (AvgIpc) is 2.53. The van der Waals surface area contributed by atoms with Gasteiger partial charge in [0.2, 0.25) is 0 Å². The molecule has 0 aromatic rings. The minimum absolute atomic E-state index is 0.114. The Balaban J connectivity index is 4.05. The zero-order chi connectivity index (χ0) is 21.8. The van der Waals surface area contributed by atoms with Gasteiger partial charge in [-0.25, -0.2) is 0 Å². The summed E-state index contributed by atoms with van der Waals surface area (Å²) in [6, 6.07) is 0. The van der Waals surface area contributed by atoms with E-state index in [1.54, 1.807) is 11.8 Å². The van der Waals surface area contributed by atoms with Crippen molar-refractivity contribution in [1.82, 2.24) is 0 Å². The molecule has 0 saturated carbocycles. The van der Waals surface area contributed by atoms with Gasteiger partial charge in [-0.1, -0.05) is 53.7 Å². The molecule has 0 atom stereocenters. The summed E-state index contributed by atoms with van der Waals surface area (Å²) in [5.41, 5.74) is 1.51. The van der Waals surface area contributed by atoms with Crippen LogP contribution < -0.4 is 0 Å². The van der Waals surface area contributed by atoms with Crippen molar-refractivity contribution >= 4 is 26.0 Å². The molecule has 0 aliphatic carbocycles. The molecule has 0 amide bonds. The Morgan fingerprint density at radius 2 is 1.43 bits per heavy atom. The van der Waals surface area contributed by atoms with E-state index < -0.39 is 8.32 Å². The molecule has 0 N–H and O–H groups in total. The molecule has 0 aliphatic rings. The average molecular weight is 429 g/mol. The lowest BCUT2D eigenvalue weighted by atomic mass is 10.2. The fraction of sp³-hybridized carbons (Fsp3) is 0.783. The van der Waals surface area contributed by atoms with Gasteiger partial charge in [0.1, 0.15) is 5.60 Å². The van der Waals surface area contributed by atoms with E-state index >= 15 is 0 Å². The number of allylic oxidation sites excluding steroid dienone is 1. The molecule has 0 saturated heterocycles. The smallest absolute Gasteiger partial charge is 0.306 e. The van der Waals surface area contributed by atoms with Crippen LogP contribution in [0.2, 0.25) is 16.6 Å². The molecule has 0 bridgehead atoms. The van der Waals surface area contributed by atoms with Gasteiger partial charge in [-0.05, 0) is 67.5 Å². The second kappa shape index (κ2) is 13.7. The summed E-state index contributed by atoms with van der Waals surface area (Å²) in [5.74, 6) is -0.114. The third-order valence-corrected chi connectivity index (χ3v) is 11.7. The minimum atomic E-state index is -1.73. The van der Waals surface area contributed by atoms with Gasteiger partial charge in [-0.3, -0.25) is 4.79 Å². The van der Waals surface area contributed by atoms with Gasteiger partial charge in [0.25, 0.3) is 0 Å². The number of ether oxygens (including phenoxy) is 1. The molecule has 0 aromatic carbocycles. The Hall–Kier alpha value is -0.523. The first kappa shape index (κ1) is 27.5. The van der Waals surface area contributed by atoms with Crippen molar-refractivity contribution in [3.8, 4) is 0 Å². The summed E-state index contributed by atoms with van der Waals surface area (Å²) in [5, 5.41) is 4.21. The van der Waals surface area contributed by atoms with E-state index in [4.69, 9.17) is 9.16 Å². The molecule has 0 unspecified atom stereocenters. The van der Waals surface area contributed by atoms with Crippen LogP contribution in [0, 0.1) is 0 Å². The maximum Gasteiger partial charge on any atom is 0.306 e. The first-order valence-electron chi connectivity index (χ1n) is 10.7. The number of esters is 1. The van der Waals surface area contributed by atoms with Crippen LogP contribution in [0.15, 0.2) is 23.0 Å². The van der Waals surface area contributed by atoms with Crippen molar-refractivity contribution in [3.05, 3.63) is 23.0 Å². The van der Waals surface area contributed by atoms with Gasteiger partial charge < -0.3 is 9.16 Å². The van der Waals surface area contributed by atoms with Crippen LogP contribution in [0.5, 0.6) is 0 Å². The third kappa shape index (κ3) is 10.9. The fourth-order valence-corrected chi connectivity index (χ4v) is 9.91. The normalized spacial score (nSPS) is 13.6. The second-order valence-corrected chi connectivity index (χ2v) is 15.6. The standard InChI is InChI=1S/C23H44O3SSi/c1-19(2)28(20(3)4,21(5)6)25-16-12-14-18-27-17-13-10-11-15-22(24)26-23(7,8)9/h13-14,17-21H,10-12,15-16H2,1-9H3/b17-13-,18-14-. The minimum Gasteiger partial charge on any atom is -0.460 e. The molecule has 5 heteroatoms. The quantitative estimate of drug-likeness (QED) is 0.170. The van der Waals surface area contributed by atoms with Crippen molar-refractivity contribution < 1.29 is 14.0 Å². The van der Waals surface area contributed by atoms with E-state index in [9.17, 15) is 4.79 Å². The topological polar surface area (TPSA) is 35.5 Å². The monoisotopic (exact) mass is 428 g/mol. The Bertz CT molecular complexity index is 469. The van der Waals surface area contributed by atoms with Crippen molar-refractivity contribution in [3.63, 3.8) is 0 Å². The summed E-state index contributed by atoms with van der Waals surface area (Å²) < 4.78 is 11.8. The van der Waals surface area contributed by atoms with Gasteiger partial charge in [-0.15, -0.1) is 11.8 Å². The summed E-state index contributed by atoms with van der Waals surface area (Å²) in [7, 11) is -1.73. The fourth-order valence-electron chi connectivity index (χ4n) is 3.85. The van der Waals surface area contributed by atoms with E-state index in [0.29, 0.717) is 23.0 Å². The van der Waals surface area contributed by atoms with E-state index in [1.807, 2.05) is 20.8 Å². The summed E-state index contributed by atoms with van der Waals surface area (Å²) in [6.07, 6.45) is 7.47. The molecular weight excluding hydrogens is 384 g/mol. The SMILES string of the molecule is CC(C)[Si](OCC/C=C\S/C=C\CCCC(=O)OC(C)(C)C)(C(C)C)C(C)C. The van der Waals surface area contributed by atoms with Gasteiger partial charge in [0.05, 0.1) is 0 Å². The number of rotatable bonds is 13. The Morgan fingerprint density at radius 3 is 1.89 bits per heavy atom. The van der Waals surface area contributed by atoms with Crippen molar-refractivity contribution in [2.24, 2.45) is 0 Å². The molecule has 0 aromatic heterocycles. The van der Waals surface area contributed by atoms with E-state index in [2.05, 4.69) is 64.5 Å². The lowest BCUT2D eigenvalue weighted by Gasteiger charge is -2.42. The number of thioether (sulfide) groups is 1. The lowest BCUT2D eigenvalue weighted by Crippen LogP contribution is -2.47. The van der Waals surface area contributed by atoms with E-state index in [1.165, 1.54) is 0 Å². The van der Waals surface area contributed by atoms with Crippen LogP contribution in [0.25, 0.3) is 0 Å². The van der Waals surface area contributed by atoms with Crippen molar-refractivity contribution in [1.29, 1.82) is 0 Å². The van der Waals surface area contributed by atoms with Crippen LogP contribution in [0.4, 0.5) is 0 Å². The first-order valence-corrected chi connectivity index (χ1v) is 13.8. The number of hydrogen-bond donors (Lipinski definition) is 0. The maximum atomic E-state index is 11.6. The highest BCUT2D eigenvalue weighted by atomic mass is 32.2. The Labute approximate surface area is 179 Å². The molecule has 0 fully saturated rings. The Morgan fingerprint density at radius 1 is 0.929 bits per heavy atom. The molecule has 0 radical (unpaired) electrons. The van der Waals surface area contributed by atoms with Crippen LogP contribution >= 0.6 is 11.8 Å². The van der Waals surface area contributed by atoms with E-state index in [-0.39, 0.29) is 11.6 Å². The number of carbonyl (C=O) groups excluding carboxylic acids is 1. The van der Waals surface area contributed by atoms with Crippen LogP contribution in [0.1, 0.15) is 88.0 Å². The van der Waals surface area contributed by atoms with Gasteiger partial charge in [0, 0.05) is 13.0 Å². The van der Waals surface area contributed by atoms with Crippen LogP contribution in [-0.4, -0.2) is 26.5 Å². The zero-order valence-corrected chi connectivity index (χ0v) is 21.5. The zero-order valence-electron chi connectivity index (χ0n) is 19.7. The third-order valence-electron chi connectivity index (χ3n) is 4.86. The molecule has 0 spiro atoms. The second-order valence-electron chi connectivity index (χ2n) is 9.31. The molecular formula is C23H44O3SSi. The highest BCUT2D eigenvalue weighted by molar-refractivity contribution is 8.04. The lowest BCUT2D eigenvalue weighted by molar-refractivity contribution is -0.154. The van der Waals surface area contributed by atoms with Crippen molar-refractivity contribution in [2.45, 2.75) is 110 Å². The summed E-state index contributed by atoms with van der Waals surface area (Å²) >= 11 is 1.68.